The van der Waals surface area contributed by atoms with Crippen molar-refractivity contribution in [1.29, 1.82) is 0 Å². The van der Waals surface area contributed by atoms with Crippen LogP contribution in [0.15, 0.2) is 72.8 Å². The predicted molar refractivity (Wildman–Crippen MR) is 130 cm³/mol. The van der Waals surface area contributed by atoms with Gasteiger partial charge in [0.05, 0.1) is 54.1 Å². The first-order valence-electron chi connectivity index (χ1n) is 10.8. The molecule has 6 nitrogen and oxygen atoms in total. The Morgan fingerprint density at radius 3 is 1.00 bits per heavy atom. The summed E-state index contributed by atoms with van der Waals surface area (Å²) in [6, 6.07) is 26.3. The molecule has 6 heteroatoms. The molecular formula is C25H28N6. The molecule has 0 fully saturated rings. The normalized spacial score (nSPS) is 17.0. The van der Waals surface area contributed by atoms with Crippen LogP contribution in [0.5, 0.6) is 0 Å². The maximum absolute atomic E-state index is 2.54. The second-order valence-electron chi connectivity index (χ2n) is 8.74. The van der Waals surface area contributed by atoms with Crippen LogP contribution in [-0.4, -0.2) is 47.4 Å². The lowest BCUT2D eigenvalue weighted by atomic mass is 10.2. The number of anilines is 6. The molecule has 3 aromatic rings. The Balaban J connectivity index is 1.51. The lowest BCUT2D eigenvalue weighted by Gasteiger charge is -2.44. The van der Waals surface area contributed by atoms with Gasteiger partial charge in [0.2, 0.25) is 0 Å². The zero-order valence-electron chi connectivity index (χ0n) is 18.3. The van der Waals surface area contributed by atoms with E-state index < -0.39 is 0 Å². The summed E-state index contributed by atoms with van der Waals surface area (Å²) in [5.41, 5.74) is 7.72. The molecule has 0 saturated carbocycles. The molecule has 0 spiro atoms. The Kier molecular flexibility index (Phi) is 3.96. The summed E-state index contributed by atoms with van der Waals surface area (Å²) in [6.45, 7) is 2.57. The first kappa shape index (κ1) is 18.2. The molecule has 0 bridgehead atoms. The summed E-state index contributed by atoms with van der Waals surface area (Å²) < 4.78 is 0. The molecule has 0 N–H and O–H groups in total. The molecule has 3 aliphatic heterocycles. The minimum atomic E-state index is 0.0586. The number of hydrogen-bond donors (Lipinski definition) is 0. The van der Waals surface area contributed by atoms with E-state index in [4.69, 9.17) is 0 Å². The van der Waals surface area contributed by atoms with Gasteiger partial charge in [-0.2, -0.15) is 0 Å². The monoisotopic (exact) mass is 412 g/mol. The molecule has 0 amide bonds. The Morgan fingerprint density at radius 2 is 0.710 bits per heavy atom. The zero-order chi connectivity index (χ0) is 21.1. The first-order valence-corrected chi connectivity index (χ1v) is 10.8. The number of hydrogen-bond acceptors (Lipinski definition) is 6. The van der Waals surface area contributed by atoms with Crippen LogP contribution in [0, 0.1) is 0 Å². The lowest BCUT2D eigenvalue weighted by molar-refractivity contribution is 0.542. The van der Waals surface area contributed by atoms with Gasteiger partial charge in [0.15, 0.2) is 6.29 Å². The largest absolute Gasteiger partial charge is 0.355 e. The maximum Gasteiger partial charge on any atom is 0.185 e. The second-order valence-corrected chi connectivity index (χ2v) is 8.74. The van der Waals surface area contributed by atoms with Crippen molar-refractivity contribution in [2.24, 2.45) is 0 Å². The van der Waals surface area contributed by atoms with E-state index in [9.17, 15) is 0 Å². The van der Waals surface area contributed by atoms with Gasteiger partial charge in [-0.05, 0) is 36.4 Å². The van der Waals surface area contributed by atoms with Crippen molar-refractivity contribution in [3.8, 4) is 0 Å². The first-order chi connectivity index (χ1) is 15.1. The van der Waals surface area contributed by atoms with Crippen molar-refractivity contribution >= 4 is 34.1 Å². The molecule has 3 aromatic carbocycles. The van der Waals surface area contributed by atoms with Crippen molar-refractivity contribution in [2.45, 2.75) is 6.29 Å². The number of para-hydroxylation sites is 6. The molecule has 3 heterocycles. The van der Waals surface area contributed by atoms with Gasteiger partial charge in [0, 0.05) is 21.1 Å². The maximum atomic E-state index is 2.54. The van der Waals surface area contributed by atoms with Gasteiger partial charge in [-0.3, -0.25) is 0 Å². The van der Waals surface area contributed by atoms with Crippen molar-refractivity contribution in [2.75, 3.05) is 70.5 Å². The second kappa shape index (κ2) is 6.74. The van der Waals surface area contributed by atoms with Gasteiger partial charge in [-0.1, -0.05) is 36.4 Å². The highest BCUT2D eigenvalue weighted by Gasteiger charge is 2.42. The Morgan fingerprint density at radius 1 is 0.452 bits per heavy atom. The van der Waals surface area contributed by atoms with Crippen LogP contribution in [0.25, 0.3) is 0 Å². The summed E-state index contributed by atoms with van der Waals surface area (Å²) in [5, 5.41) is 0. The number of fused-ring (bicyclic) bond motifs is 3. The van der Waals surface area contributed by atoms with Crippen molar-refractivity contribution in [3.63, 3.8) is 0 Å². The highest BCUT2D eigenvalue weighted by atomic mass is 15.6. The van der Waals surface area contributed by atoms with Gasteiger partial charge in [-0.15, -0.1) is 0 Å². The van der Waals surface area contributed by atoms with Crippen LogP contribution < -0.4 is 29.4 Å². The molecule has 158 valence electrons. The standard InChI is InChI=1S/C25H28N6/c1-26-16-29(22-13-7-4-10-19(22)26)25(30-17-27(2)20-11-5-8-14-23(20)30)31-18-28(3)21-12-6-9-15-24(21)31/h4-15,25H,16-18H2,1-3H3. The van der Waals surface area contributed by atoms with Crippen LogP contribution >= 0.6 is 0 Å². The molecule has 6 rings (SSSR count). The van der Waals surface area contributed by atoms with E-state index in [2.05, 4.69) is 123 Å². The van der Waals surface area contributed by atoms with Crippen LogP contribution in [-0.2, 0) is 0 Å². The van der Waals surface area contributed by atoms with Crippen molar-refractivity contribution < 1.29 is 0 Å². The topological polar surface area (TPSA) is 19.4 Å². The van der Waals surface area contributed by atoms with E-state index >= 15 is 0 Å². The van der Waals surface area contributed by atoms with Crippen molar-refractivity contribution in [1.82, 2.24) is 0 Å². The third kappa shape index (κ3) is 2.64. The van der Waals surface area contributed by atoms with Crippen molar-refractivity contribution in [3.05, 3.63) is 72.8 Å². The molecule has 0 unspecified atom stereocenters. The van der Waals surface area contributed by atoms with Gasteiger partial charge in [-0.25, -0.2) is 0 Å². The van der Waals surface area contributed by atoms with E-state index in [0.717, 1.165) is 20.0 Å². The average molecular weight is 413 g/mol. The SMILES string of the molecule is CN1CN(C(N2CN(C)c3ccccc32)N2CN(C)c3ccccc32)c2ccccc21. The predicted octanol–water partition coefficient (Wildman–Crippen LogP) is 4.01. The van der Waals surface area contributed by atoms with Gasteiger partial charge >= 0.3 is 0 Å². The van der Waals surface area contributed by atoms with E-state index in [-0.39, 0.29) is 6.29 Å². The van der Waals surface area contributed by atoms with Crippen LogP contribution in [0.3, 0.4) is 0 Å². The fraction of sp³-hybridized carbons (Fsp3) is 0.280. The molecule has 0 saturated heterocycles. The van der Waals surface area contributed by atoms with E-state index in [0.29, 0.717) is 0 Å². The lowest BCUT2D eigenvalue weighted by Crippen LogP contribution is -2.60. The number of benzene rings is 3. The summed E-state index contributed by atoms with van der Waals surface area (Å²) >= 11 is 0. The molecular weight excluding hydrogens is 384 g/mol. The molecule has 0 aliphatic carbocycles. The zero-order valence-corrected chi connectivity index (χ0v) is 18.3. The molecule has 0 radical (unpaired) electrons. The van der Waals surface area contributed by atoms with Gasteiger partial charge in [0.25, 0.3) is 0 Å². The van der Waals surface area contributed by atoms with Crippen LogP contribution in [0.1, 0.15) is 0 Å². The Hall–Kier alpha value is -3.54. The number of rotatable bonds is 3. The smallest absolute Gasteiger partial charge is 0.185 e. The number of nitrogens with zero attached hydrogens (tertiary/aromatic N) is 6. The third-order valence-corrected chi connectivity index (χ3v) is 6.74. The van der Waals surface area contributed by atoms with Crippen LogP contribution in [0.2, 0.25) is 0 Å². The summed E-state index contributed by atoms with van der Waals surface area (Å²) in [6.07, 6.45) is 0.0586. The Bertz CT molecular complexity index is 989. The highest BCUT2D eigenvalue weighted by Crippen LogP contribution is 2.45. The fourth-order valence-corrected chi connectivity index (χ4v) is 5.33. The highest BCUT2D eigenvalue weighted by molar-refractivity contribution is 5.84. The molecule has 3 aliphatic rings. The fourth-order valence-electron chi connectivity index (χ4n) is 5.33. The van der Waals surface area contributed by atoms with Crippen LogP contribution in [0.4, 0.5) is 34.1 Å². The summed E-state index contributed by atoms with van der Waals surface area (Å²) in [4.78, 5) is 14.7. The van der Waals surface area contributed by atoms with E-state index in [1.54, 1.807) is 0 Å². The molecule has 0 atom stereocenters. The van der Waals surface area contributed by atoms with Gasteiger partial charge < -0.3 is 29.4 Å². The molecule has 31 heavy (non-hydrogen) atoms. The minimum Gasteiger partial charge on any atom is -0.355 e. The molecule has 0 aromatic heterocycles. The van der Waals surface area contributed by atoms with E-state index in [1.807, 2.05) is 0 Å². The summed E-state index contributed by atoms with van der Waals surface area (Å²) in [5.74, 6) is 0. The summed E-state index contributed by atoms with van der Waals surface area (Å²) in [7, 11) is 6.55. The Labute approximate surface area is 184 Å². The van der Waals surface area contributed by atoms with E-state index in [1.165, 1.54) is 34.1 Å². The quantitative estimate of drug-likeness (QED) is 0.643. The van der Waals surface area contributed by atoms with Gasteiger partial charge in [0.1, 0.15) is 0 Å². The third-order valence-electron chi connectivity index (χ3n) is 6.74. The minimum absolute atomic E-state index is 0.0586. The average Bonchev–Trinajstić information content (AvgIpc) is 3.43.